The van der Waals surface area contributed by atoms with Crippen molar-refractivity contribution < 1.29 is 24.2 Å². The molecule has 1 aromatic rings. The number of carboxylic acids is 2. The third-order valence-electron chi connectivity index (χ3n) is 1.50. The zero-order chi connectivity index (χ0) is 10.9. The van der Waals surface area contributed by atoms with Crippen LogP contribution in [0.5, 0.6) is 0 Å². The molecule has 0 radical (unpaired) electrons. The van der Waals surface area contributed by atoms with Crippen molar-refractivity contribution in [3.05, 3.63) is 33.5 Å². The highest BCUT2D eigenvalue weighted by atomic mass is 79.9. The highest BCUT2D eigenvalue weighted by Crippen LogP contribution is 2.20. The summed E-state index contributed by atoms with van der Waals surface area (Å²) in [5.41, 5.74) is -1.34. The van der Waals surface area contributed by atoms with E-state index in [2.05, 4.69) is 15.9 Å². The van der Waals surface area contributed by atoms with E-state index >= 15 is 0 Å². The lowest BCUT2D eigenvalue weighted by molar-refractivity contribution is 0.0687. The number of rotatable bonds is 2. The molecule has 0 aromatic heterocycles. The third kappa shape index (κ3) is 1.90. The zero-order valence-corrected chi connectivity index (χ0v) is 8.21. The molecule has 0 atom stereocenters. The first-order valence-corrected chi connectivity index (χ1v) is 4.18. The lowest BCUT2D eigenvalue weighted by atomic mass is 10.1. The molecule has 0 bridgehead atoms. The van der Waals surface area contributed by atoms with Gasteiger partial charge in [0.05, 0.1) is 11.1 Å². The van der Waals surface area contributed by atoms with E-state index in [9.17, 15) is 14.0 Å². The second-order valence-electron chi connectivity index (χ2n) is 2.43. The Morgan fingerprint density at radius 3 is 1.79 bits per heavy atom. The fourth-order valence-electron chi connectivity index (χ4n) is 0.900. The molecule has 6 heteroatoms. The molecule has 0 spiro atoms. The number of benzene rings is 1. The van der Waals surface area contributed by atoms with E-state index < -0.39 is 28.9 Å². The van der Waals surface area contributed by atoms with Crippen LogP contribution in [0.2, 0.25) is 0 Å². The van der Waals surface area contributed by atoms with Crippen molar-refractivity contribution in [3.8, 4) is 0 Å². The Kier molecular flexibility index (Phi) is 2.85. The minimum Gasteiger partial charge on any atom is -0.478 e. The highest BCUT2D eigenvalue weighted by Gasteiger charge is 2.19. The van der Waals surface area contributed by atoms with E-state index in [1.165, 1.54) is 0 Å². The number of carboxylic acid groups (broad SMARTS) is 2. The summed E-state index contributed by atoms with van der Waals surface area (Å²) in [6, 6.07) is 2.01. The highest BCUT2D eigenvalue weighted by molar-refractivity contribution is 9.10. The Morgan fingerprint density at radius 2 is 1.50 bits per heavy atom. The first-order chi connectivity index (χ1) is 6.43. The predicted octanol–water partition coefficient (Wildman–Crippen LogP) is 1.98. The summed E-state index contributed by atoms with van der Waals surface area (Å²) < 4.78 is 13.4. The van der Waals surface area contributed by atoms with Crippen molar-refractivity contribution in [2.45, 2.75) is 0 Å². The van der Waals surface area contributed by atoms with E-state index in [0.29, 0.717) is 0 Å². The largest absolute Gasteiger partial charge is 0.478 e. The smallest absolute Gasteiger partial charge is 0.338 e. The number of hydrogen-bond acceptors (Lipinski definition) is 2. The minimum atomic E-state index is -1.51. The van der Waals surface area contributed by atoms with Gasteiger partial charge in [-0.05, 0) is 12.1 Å². The van der Waals surface area contributed by atoms with Crippen molar-refractivity contribution in [1.29, 1.82) is 0 Å². The molecule has 14 heavy (non-hydrogen) atoms. The molecule has 0 fully saturated rings. The maximum absolute atomic E-state index is 13.2. The van der Waals surface area contributed by atoms with Gasteiger partial charge in [0.1, 0.15) is 0 Å². The van der Waals surface area contributed by atoms with Crippen molar-refractivity contribution in [3.63, 3.8) is 0 Å². The SMILES string of the molecule is O=C(O)c1cc(Br)cc(C(=O)O)c1F. The first kappa shape index (κ1) is 10.6. The summed E-state index contributed by atoms with van der Waals surface area (Å²) >= 11 is 2.89. The van der Waals surface area contributed by atoms with Crippen molar-refractivity contribution >= 4 is 27.9 Å². The topological polar surface area (TPSA) is 74.6 Å². The molecule has 0 aliphatic rings. The average molecular weight is 263 g/mol. The Labute approximate surface area is 86.1 Å². The standard InChI is InChI=1S/C8H4BrFO4/c9-3-1-4(7(11)12)6(10)5(2-3)8(13)14/h1-2H,(H,11,12)(H,13,14). The normalized spacial score (nSPS) is 9.86. The van der Waals surface area contributed by atoms with Gasteiger partial charge in [0.2, 0.25) is 0 Å². The first-order valence-electron chi connectivity index (χ1n) is 3.39. The van der Waals surface area contributed by atoms with E-state index in [1.807, 2.05) is 0 Å². The molecule has 74 valence electrons. The fraction of sp³-hybridized carbons (Fsp3) is 0. The molecule has 0 saturated heterocycles. The van der Waals surface area contributed by atoms with Crippen LogP contribution in [0.1, 0.15) is 20.7 Å². The Balaban J connectivity index is 3.47. The number of hydrogen-bond donors (Lipinski definition) is 2. The predicted molar refractivity (Wildman–Crippen MR) is 48.0 cm³/mol. The molecule has 0 aliphatic carbocycles. The molecule has 0 heterocycles. The van der Waals surface area contributed by atoms with Gasteiger partial charge >= 0.3 is 11.9 Å². The molecule has 4 nitrogen and oxygen atoms in total. The van der Waals surface area contributed by atoms with E-state index in [-0.39, 0.29) is 4.47 Å². The molecule has 0 aliphatic heterocycles. The van der Waals surface area contributed by atoms with Crippen LogP contribution in [0.4, 0.5) is 4.39 Å². The van der Waals surface area contributed by atoms with Crippen LogP contribution >= 0.6 is 15.9 Å². The quantitative estimate of drug-likeness (QED) is 0.855. The monoisotopic (exact) mass is 262 g/mol. The van der Waals surface area contributed by atoms with E-state index in [0.717, 1.165) is 12.1 Å². The molecule has 0 amide bonds. The van der Waals surface area contributed by atoms with Crippen LogP contribution in [0, 0.1) is 5.82 Å². The lowest BCUT2D eigenvalue weighted by Crippen LogP contribution is -2.08. The minimum absolute atomic E-state index is 0.203. The van der Waals surface area contributed by atoms with Crippen LogP contribution in [0.3, 0.4) is 0 Å². The van der Waals surface area contributed by atoms with Crippen LogP contribution in [-0.2, 0) is 0 Å². The maximum atomic E-state index is 13.2. The van der Waals surface area contributed by atoms with Crippen LogP contribution in [0.15, 0.2) is 16.6 Å². The van der Waals surface area contributed by atoms with Gasteiger partial charge in [-0.25, -0.2) is 14.0 Å². The van der Waals surface area contributed by atoms with E-state index in [1.54, 1.807) is 0 Å². The van der Waals surface area contributed by atoms with Gasteiger partial charge in [-0.3, -0.25) is 0 Å². The van der Waals surface area contributed by atoms with Crippen molar-refractivity contribution in [1.82, 2.24) is 0 Å². The Bertz CT molecular complexity index is 381. The summed E-state index contributed by atoms with van der Waals surface area (Å²) in [5, 5.41) is 17.1. The van der Waals surface area contributed by atoms with Crippen LogP contribution in [-0.4, -0.2) is 22.2 Å². The average Bonchev–Trinajstić information content (AvgIpc) is 2.07. The number of carbonyl (C=O) groups is 2. The molecule has 0 unspecified atom stereocenters. The Hall–Kier alpha value is -1.43. The van der Waals surface area contributed by atoms with Crippen LogP contribution in [0.25, 0.3) is 0 Å². The van der Waals surface area contributed by atoms with Gasteiger partial charge in [-0.2, -0.15) is 0 Å². The summed E-state index contributed by atoms with van der Waals surface area (Å²) in [7, 11) is 0. The zero-order valence-electron chi connectivity index (χ0n) is 6.62. The maximum Gasteiger partial charge on any atom is 0.338 e. The summed E-state index contributed by atoms with van der Waals surface area (Å²) in [6.07, 6.45) is 0. The van der Waals surface area contributed by atoms with Crippen molar-refractivity contribution in [2.75, 3.05) is 0 Å². The molecular weight excluding hydrogens is 259 g/mol. The van der Waals surface area contributed by atoms with E-state index in [4.69, 9.17) is 10.2 Å². The summed E-state index contributed by atoms with van der Waals surface area (Å²) in [5.74, 6) is -4.26. The Morgan fingerprint density at radius 1 is 1.14 bits per heavy atom. The van der Waals surface area contributed by atoms with Gasteiger partial charge in [0, 0.05) is 4.47 Å². The van der Waals surface area contributed by atoms with Crippen molar-refractivity contribution in [2.24, 2.45) is 0 Å². The van der Waals surface area contributed by atoms with Gasteiger partial charge in [-0.15, -0.1) is 0 Å². The molecule has 1 rings (SSSR count). The molecule has 1 aromatic carbocycles. The second-order valence-corrected chi connectivity index (χ2v) is 3.34. The molecule has 0 saturated carbocycles. The molecular formula is C8H4BrFO4. The number of aromatic carboxylic acids is 2. The van der Waals surface area contributed by atoms with Crippen LogP contribution < -0.4 is 0 Å². The van der Waals surface area contributed by atoms with Gasteiger partial charge in [0.15, 0.2) is 5.82 Å². The molecule has 2 N–H and O–H groups in total. The van der Waals surface area contributed by atoms with Gasteiger partial charge in [0.25, 0.3) is 0 Å². The lowest BCUT2D eigenvalue weighted by Gasteiger charge is -2.02. The number of halogens is 2. The fourth-order valence-corrected chi connectivity index (χ4v) is 1.36. The third-order valence-corrected chi connectivity index (χ3v) is 1.96. The summed E-state index contributed by atoms with van der Waals surface area (Å²) in [6.45, 7) is 0. The summed E-state index contributed by atoms with van der Waals surface area (Å²) in [4.78, 5) is 21.0. The van der Waals surface area contributed by atoms with Gasteiger partial charge in [-0.1, -0.05) is 15.9 Å². The van der Waals surface area contributed by atoms with Gasteiger partial charge < -0.3 is 10.2 Å². The second kappa shape index (κ2) is 3.75.